The molecule has 3 heterocycles. The lowest BCUT2D eigenvalue weighted by Crippen LogP contribution is -2.39. The molecule has 1 aliphatic rings. The minimum Gasteiger partial charge on any atom is -0.351 e. The van der Waals surface area contributed by atoms with E-state index in [4.69, 9.17) is 4.98 Å². The molecule has 1 aliphatic heterocycles. The molecular weight excluding hydrogens is 302 g/mol. The summed E-state index contributed by atoms with van der Waals surface area (Å²) < 4.78 is 1.58. The lowest BCUT2D eigenvalue weighted by molar-refractivity contribution is 0.490. The maximum absolute atomic E-state index is 12.3. The van der Waals surface area contributed by atoms with E-state index < -0.39 is 0 Å². The lowest BCUT2D eigenvalue weighted by atomic mass is 9.97. The van der Waals surface area contributed by atoms with Gasteiger partial charge in [0.15, 0.2) is 5.82 Å². The Balaban J connectivity index is 1.64. The minimum absolute atomic E-state index is 0.0432. The van der Waals surface area contributed by atoms with Gasteiger partial charge in [-0.25, -0.2) is 9.97 Å². The van der Waals surface area contributed by atoms with Gasteiger partial charge >= 0.3 is 0 Å². The Morgan fingerprint density at radius 3 is 3.08 bits per heavy atom. The Hall–Kier alpha value is -2.63. The first-order chi connectivity index (χ1) is 11.6. The zero-order valence-corrected chi connectivity index (χ0v) is 14.0. The van der Waals surface area contributed by atoms with Crippen molar-refractivity contribution in [2.45, 2.75) is 25.7 Å². The number of imidazole rings is 1. The normalized spacial score (nSPS) is 18.2. The van der Waals surface area contributed by atoms with E-state index in [1.807, 2.05) is 0 Å². The zero-order chi connectivity index (χ0) is 16.7. The highest BCUT2D eigenvalue weighted by atomic mass is 16.1. The fourth-order valence-corrected chi connectivity index (χ4v) is 3.43. The van der Waals surface area contributed by atoms with Crippen molar-refractivity contribution in [2.75, 3.05) is 18.0 Å². The Morgan fingerprint density at radius 2 is 2.21 bits per heavy atom. The van der Waals surface area contributed by atoms with Crippen LogP contribution in [0.5, 0.6) is 0 Å². The van der Waals surface area contributed by atoms with Crippen LogP contribution in [0, 0.1) is 6.92 Å². The van der Waals surface area contributed by atoms with Crippen molar-refractivity contribution in [2.24, 2.45) is 7.05 Å². The maximum atomic E-state index is 12.3. The summed E-state index contributed by atoms with van der Waals surface area (Å²) in [6.45, 7) is 3.71. The smallest absolute Gasteiger partial charge is 0.293 e. The van der Waals surface area contributed by atoms with Gasteiger partial charge in [-0.3, -0.25) is 4.79 Å². The number of benzene rings is 1. The number of hydrogen-bond acceptors (Lipinski definition) is 4. The molecule has 0 radical (unpaired) electrons. The van der Waals surface area contributed by atoms with Gasteiger partial charge in [0.2, 0.25) is 0 Å². The van der Waals surface area contributed by atoms with Crippen molar-refractivity contribution >= 4 is 16.9 Å². The summed E-state index contributed by atoms with van der Waals surface area (Å²) in [6.07, 6.45) is 5.47. The molecule has 24 heavy (non-hydrogen) atoms. The van der Waals surface area contributed by atoms with Crippen LogP contribution in [0.4, 0.5) is 5.82 Å². The third-order valence-electron chi connectivity index (χ3n) is 4.76. The number of anilines is 1. The van der Waals surface area contributed by atoms with Gasteiger partial charge in [0.25, 0.3) is 5.56 Å². The van der Waals surface area contributed by atoms with E-state index in [1.165, 1.54) is 5.56 Å². The van der Waals surface area contributed by atoms with Crippen LogP contribution in [0.25, 0.3) is 11.0 Å². The lowest BCUT2D eigenvalue weighted by Gasteiger charge is -2.32. The first-order valence-corrected chi connectivity index (χ1v) is 8.34. The zero-order valence-electron chi connectivity index (χ0n) is 14.0. The number of aromatic nitrogens is 4. The van der Waals surface area contributed by atoms with Gasteiger partial charge in [-0.05, 0) is 37.5 Å². The first kappa shape index (κ1) is 14.9. The molecule has 0 bridgehead atoms. The third kappa shape index (κ3) is 2.58. The monoisotopic (exact) mass is 323 g/mol. The highest BCUT2D eigenvalue weighted by Crippen LogP contribution is 2.28. The van der Waals surface area contributed by atoms with E-state index in [2.05, 4.69) is 40.0 Å². The highest BCUT2D eigenvalue weighted by Gasteiger charge is 2.26. The van der Waals surface area contributed by atoms with E-state index in [0.717, 1.165) is 42.8 Å². The molecule has 1 fully saturated rings. The fourth-order valence-electron chi connectivity index (χ4n) is 3.43. The molecule has 2 aromatic heterocycles. The number of rotatable bonds is 2. The Morgan fingerprint density at radius 1 is 1.33 bits per heavy atom. The molecule has 1 atom stereocenters. The van der Waals surface area contributed by atoms with Crippen molar-refractivity contribution in [1.82, 2.24) is 19.5 Å². The van der Waals surface area contributed by atoms with Gasteiger partial charge in [0.1, 0.15) is 5.82 Å². The molecule has 0 amide bonds. The topological polar surface area (TPSA) is 66.8 Å². The Labute approximate surface area is 140 Å². The average molecular weight is 323 g/mol. The molecule has 1 N–H and O–H groups in total. The van der Waals surface area contributed by atoms with Crippen molar-refractivity contribution in [3.63, 3.8) is 0 Å². The fraction of sp³-hybridized carbons (Fsp3) is 0.389. The second-order valence-electron chi connectivity index (χ2n) is 6.59. The second kappa shape index (κ2) is 5.78. The summed E-state index contributed by atoms with van der Waals surface area (Å²) in [6, 6.07) is 6.26. The summed E-state index contributed by atoms with van der Waals surface area (Å²) in [5.41, 5.74) is 3.26. The van der Waals surface area contributed by atoms with Gasteiger partial charge in [0.05, 0.1) is 11.0 Å². The largest absolute Gasteiger partial charge is 0.351 e. The van der Waals surface area contributed by atoms with Gasteiger partial charge in [-0.1, -0.05) is 6.07 Å². The summed E-state index contributed by atoms with van der Waals surface area (Å²) in [7, 11) is 1.76. The Kier molecular flexibility index (Phi) is 3.59. The number of aryl methyl sites for hydroxylation is 2. The number of nitrogens with one attached hydrogen (secondary N) is 1. The van der Waals surface area contributed by atoms with Gasteiger partial charge in [0, 0.05) is 38.4 Å². The SMILES string of the molecule is Cc1ccc2nc(C3CCCN(c4nccn(C)c4=O)C3)[nH]c2c1. The number of nitrogens with zero attached hydrogens (tertiary/aromatic N) is 4. The second-order valence-corrected chi connectivity index (χ2v) is 6.59. The van der Waals surface area contributed by atoms with E-state index in [1.54, 1.807) is 24.0 Å². The minimum atomic E-state index is -0.0432. The van der Waals surface area contributed by atoms with Crippen LogP contribution >= 0.6 is 0 Å². The molecule has 0 aliphatic carbocycles. The van der Waals surface area contributed by atoms with Crippen molar-refractivity contribution in [1.29, 1.82) is 0 Å². The van der Waals surface area contributed by atoms with Crippen LogP contribution < -0.4 is 10.5 Å². The number of aromatic amines is 1. The highest BCUT2D eigenvalue weighted by molar-refractivity contribution is 5.75. The molecule has 6 heteroatoms. The summed E-state index contributed by atoms with van der Waals surface area (Å²) in [5, 5.41) is 0. The molecule has 3 aromatic rings. The first-order valence-electron chi connectivity index (χ1n) is 8.34. The standard InChI is InChI=1S/C18H21N5O/c1-12-5-6-14-15(10-12)21-16(20-14)13-4-3-8-23(11-13)17-18(24)22(2)9-7-19-17/h5-7,9-10,13H,3-4,8,11H2,1-2H3,(H,20,21). The van der Waals surface area contributed by atoms with E-state index >= 15 is 0 Å². The number of hydrogen-bond donors (Lipinski definition) is 1. The van der Waals surface area contributed by atoms with Crippen molar-refractivity contribution < 1.29 is 0 Å². The summed E-state index contributed by atoms with van der Waals surface area (Å²) in [5.74, 6) is 1.84. The molecule has 0 saturated carbocycles. The molecule has 1 unspecified atom stereocenters. The summed E-state index contributed by atoms with van der Waals surface area (Å²) in [4.78, 5) is 26.9. The predicted molar refractivity (Wildman–Crippen MR) is 94.5 cm³/mol. The van der Waals surface area contributed by atoms with Crippen molar-refractivity contribution in [3.05, 3.63) is 52.3 Å². The summed E-state index contributed by atoms with van der Waals surface area (Å²) >= 11 is 0. The van der Waals surface area contributed by atoms with E-state index in [9.17, 15) is 4.79 Å². The molecule has 6 nitrogen and oxygen atoms in total. The number of piperidine rings is 1. The number of fused-ring (bicyclic) bond motifs is 1. The van der Waals surface area contributed by atoms with E-state index in [-0.39, 0.29) is 11.5 Å². The van der Waals surface area contributed by atoms with Crippen molar-refractivity contribution in [3.8, 4) is 0 Å². The van der Waals surface area contributed by atoms with Crippen LogP contribution in [-0.4, -0.2) is 32.6 Å². The average Bonchev–Trinajstić information content (AvgIpc) is 3.00. The molecule has 1 aromatic carbocycles. The van der Waals surface area contributed by atoms with Crippen LogP contribution in [0.2, 0.25) is 0 Å². The number of H-pyrrole nitrogens is 1. The van der Waals surface area contributed by atoms with Crippen LogP contribution in [0.1, 0.15) is 30.1 Å². The quantitative estimate of drug-likeness (QED) is 0.786. The molecule has 0 spiro atoms. The van der Waals surface area contributed by atoms with Crippen LogP contribution in [0.15, 0.2) is 35.4 Å². The molecular formula is C18H21N5O. The van der Waals surface area contributed by atoms with Gasteiger partial charge in [-0.15, -0.1) is 0 Å². The third-order valence-corrected chi connectivity index (χ3v) is 4.76. The predicted octanol–water partition coefficient (Wildman–Crippen LogP) is 2.35. The molecule has 124 valence electrons. The Bertz CT molecular complexity index is 942. The maximum Gasteiger partial charge on any atom is 0.293 e. The molecule has 4 rings (SSSR count). The van der Waals surface area contributed by atoms with Gasteiger partial charge < -0.3 is 14.5 Å². The van der Waals surface area contributed by atoms with Crippen LogP contribution in [-0.2, 0) is 7.05 Å². The molecule has 1 saturated heterocycles. The van der Waals surface area contributed by atoms with Crippen LogP contribution in [0.3, 0.4) is 0 Å². The van der Waals surface area contributed by atoms with E-state index in [0.29, 0.717) is 5.82 Å². The van der Waals surface area contributed by atoms with Gasteiger partial charge in [-0.2, -0.15) is 0 Å².